The summed E-state index contributed by atoms with van der Waals surface area (Å²) >= 11 is 0. The van der Waals surface area contributed by atoms with Crippen LogP contribution >= 0.6 is 0 Å². The third-order valence-corrected chi connectivity index (χ3v) is 6.93. The average Bonchev–Trinajstić information content (AvgIpc) is 2.91. The Morgan fingerprint density at radius 2 is 1.51 bits per heavy atom. The van der Waals surface area contributed by atoms with Gasteiger partial charge in [-0.3, -0.25) is 4.79 Å². The number of benzene rings is 2. The van der Waals surface area contributed by atoms with Gasteiger partial charge in [-0.05, 0) is 61.6 Å². The van der Waals surface area contributed by atoms with Crippen LogP contribution in [0.4, 0.5) is 0 Å². The lowest BCUT2D eigenvalue weighted by molar-refractivity contribution is -0.136. The van der Waals surface area contributed by atoms with E-state index in [1.165, 1.54) is 7.11 Å². The number of Topliss-reactive ketones (excluding diaryl/α,β-unsaturated/α-hetero) is 1. The summed E-state index contributed by atoms with van der Waals surface area (Å²) in [5.74, 6) is 1.23. The van der Waals surface area contributed by atoms with Crippen LogP contribution in [0.25, 0.3) is 0 Å². The third-order valence-electron chi connectivity index (χ3n) is 6.93. The van der Waals surface area contributed by atoms with E-state index in [4.69, 9.17) is 23.7 Å². The SMILES string of the molecule is CCOc1ccc([C@H]2C(C(=O)OC)=C(C)NC3=C2C(=O)C[C@@H](c2ccc(OC)c(OC)c2)C3)cc1OC. The minimum atomic E-state index is -0.591. The number of dihydropyridines is 1. The topological polar surface area (TPSA) is 92.3 Å². The van der Waals surface area contributed by atoms with Crippen LogP contribution < -0.4 is 24.3 Å². The van der Waals surface area contributed by atoms with Crippen molar-refractivity contribution in [3.8, 4) is 23.0 Å². The second kappa shape index (κ2) is 11.0. The summed E-state index contributed by atoms with van der Waals surface area (Å²) in [4.78, 5) is 26.7. The van der Waals surface area contributed by atoms with Gasteiger partial charge < -0.3 is 29.0 Å². The number of hydrogen-bond donors (Lipinski definition) is 1. The molecule has 1 heterocycles. The van der Waals surface area contributed by atoms with Crippen molar-refractivity contribution in [1.82, 2.24) is 5.32 Å². The van der Waals surface area contributed by atoms with E-state index in [2.05, 4.69) is 5.32 Å². The first kappa shape index (κ1) is 26.1. The number of ether oxygens (including phenoxy) is 5. The second-order valence-electron chi connectivity index (χ2n) is 8.97. The van der Waals surface area contributed by atoms with Crippen LogP contribution in [0.1, 0.15) is 49.7 Å². The fourth-order valence-electron chi connectivity index (χ4n) is 5.23. The number of ketones is 1. The van der Waals surface area contributed by atoms with Gasteiger partial charge in [0.25, 0.3) is 0 Å². The second-order valence-corrected chi connectivity index (χ2v) is 8.97. The lowest BCUT2D eigenvalue weighted by Gasteiger charge is -2.36. The maximum atomic E-state index is 13.8. The number of esters is 1. The molecule has 2 atom stereocenters. The summed E-state index contributed by atoms with van der Waals surface area (Å²) in [6.45, 7) is 4.22. The summed E-state index contributed by atoms with van der Waals surface area (Å²) < 4.78 is 27.2. The molecule has 2 aliphatic rings. The molecule has 1 aliphatic heterocycles. The molecule has 2 aromatic carbocycles. The predicted octanol–water partition coefficient (Wildman–Crippen LogP) is 4.65. The van der Waals surface area contributed by atoms with E-state index >= 15 is 0 Å². The van der Waals surface area contributed by atoms with Crippen LogP contribution in [0.3, 0.4) is 0 Å². The van der Waals surface area contributed by atoms with E-state index < -0.39 is 11.9 Å². The molecule has 0 radical (unpaired) electrons. The highest BCUT2D eigenvalue weighted by Gasteiger charge is 2.41. The molecule has 8 heteroatoms. The van der Waals surface area contributed by atoms with Crippen LogP contribution in [-0.4, -0.2) is 46.8 Å². The minimum Gasteiger partial charge on any atom is -0.493 e. The Bertz CT molecular complexity index is 1280. The third kappa shape index (κ3) is 4.88. The molecule has 196 valence electrons. The van der Waals surface area contributed by atoms with Gasteiger partial charge in [0.2, 0.25) is 0 Å². The van der Waals surface area contributed by atoms with Gasteiger partial charge in [0.05, 0.1) is 40.6 Å². The summed E-state index contributed by atoms with van der Waals surface area (Å²) in [5, 5.41) is 3.35. The molecular formula is C29H33NO7. The lowest BCUT2D eigenvalue weighted by atomic mass is 9.71. The molecule has 0 bridgehead atoms. The molecule has 0 saturated carbocycles. The van der Waals surface area contributed by atoms with Gasteiger partial charge in [-0.1, -0.05) is 12.1 Å². The minimum absolute atomic E-state index is 0.0275. The number of allylic oxidation sites excluding steroid dienone is 3. The van der Waals surface area contributed by atoms with Crippen molar-refractivity contribution < 1.29 is 33.3 Å². The van der Waals surface area contributed by atoms with Gasteiger partial charge in [-0.25, -0.2) is 4.79 Å². The molecule has 4 rings (SSSR count). The summed E-state index contributed by atoms with van der Waals surface area (Å²) in [6.07, 6.45) is 0.904. The average molecular weight is 508 g/mol. The van der Waals surface area contributed by atoms with Gasteiger partial charge >= 0.3 is 5.97 Å². The van der Waals surface area contributed by atoms with E-state index in [-0.39, 0.29) is 11.7 Å². The van der Waals surface area contributed by atoms with Gasteiger partial charge in [0.1, 0.15) is 0 Å². The highest BCUT2D eigenvalue weighted by atomic mass is 16.5. The van der Waals surface area contributed by atoms with Crippen LogP contribution in [0, 0.1) is 0 Å². The molecule has 37 heavy (non-hydrogen) atoms. The smallest absolute Gasteiger partial charge is 0.336 e. The standard InChI is InChI=1S/C29H33NO7/c1-7-37-23-11-9-18(15-25(23)35-5)27-26(29(32)36-6)16(2)30-20-12-19(13-21(31)28(20)27)17-8-10-22(33-3)24(14-17)34-4/h8-11,14-15,19,27,30H,7,12-13H2,1-6H3/t19-,27-/m0/s1. The molecule has 0 saturated heterocycles. The highest BCUT2D eigenvalue weighted by Crippen LogP contribution is 2.47. The number of nitrogens with one attached hydrogen (secondary N) is 1. The molecule has 0 amide bonds. The predicted molar refractivity (Wildman–Crippen MR) is 138 cm³/mol. The summed E-state index contributed by atoms with van der Waals surface area (Å²) in [7, 11) is 6.10. The number of carbonyl (C=O) groups is 2. The van der Waals surface area contributed by atoms with Crippen molar-refractivity contribution in [1.29, 1.82) is 0 Å². The lowest BCUT2D eigenvalue weighted by Crippen LogP contribution is -2.36. The number of rotatable bonds is 8. The van der Waals surface area contributed by atoms with E-state index in [1.54, 1.807) is 21.3 Å². The van der Waals surface area contributed by atoms with Crippen LogP contribution in [0.2, 0.25) is 0 Å². The largest absolute Gasteiger partial charge is 0.493 e. The first-order valence-corrected chi connectivity index (χ1v) is 12.2. The molecule has 2 aromatic rings. The van der Waals surface area contributed by atoms with Crippen LogP contribution in [-0.2, 0) is 14.3 Å². The van der Waals surface area contributed by atoms with Gasteiger partial charge in [-0.2, -0.15) is 0 Å². The zero-order chi connectivity index (χ0) is 26.7. The number of methoxy groups -OCH3 is 4. The summed E-state index contributed by atoms with van der Waals surface area (Å²) in [5.41, 5.74) is 4.19. The molecule has 0 unspecified atom stereocenters. The molecule has 8 nitrogen and oxygen atoms in total. The fourth-order valence-corrected chi connectivity index (χ4v) is 5.23. The molecule has 1 N–H and O–H groups in total. The zero-order valence-electron chi connectivity index (χ0n) is 22.1. The summed E-state index contributed by atoms with van der Waals surface area (Å²) in [6, 6.07) is 11.2. The van der Waals surface area contributed by atoms with Crippen molar-refractivity contribution in [2.24, 2.45) is 0 Å². The van der Waals surface area contributed by atoms with Gasteiger partial charge in [-0.15, -0.1) is 0 Å². The van der Waals surface area contributed by atoms with Crippen molar-refractivity contribution in [3.63, 3.8) is 0 Å². The van der Waals surface area contributed by atoms with Crippen LogP contribution in [0.5, 0.6) is 23.0 Å². The Kier molecular flexibility index (Phi) is 7.76. The Labute approximate surface area is 217 Å². The normalized spacial score (nSPS) is 19.1. The Morgan fingerprint density at radius 1 is 0.892 bits per heavy atom. The van der Waals surface area contributed by atoms with E-state index in [0.29, 0.717) is 59.3 Å². The van der Waals surface area contributed by atoms with Crippen molar-refractivity contribution in [2.45, 2.75) is 38.5 Å². The fraction of sp³-hybridized carbons (Fsp3) is 0.379. The van der Waals surface area contributed by atoms with Crippen LogP contribution in [0.15, 0.2) is 58.9 Å². The maximum Gasteiger partial charge on any atom is 0.336 e. The zero-order valence-corrected chi connectivity index (χ0v) is 22.1. The first-order valence-electron chi connectivity index (χ1n) is 12.2. The van der Waals surface area contributed by atoms with Gasteiger partial charge in [0, 0.05) is 29.3 Å². The van der Waals surface area contributed by atoms with Crippen molar-refractivity contribution >= 4 is 11.8 Å². The van der Waals surface area contributed by atoms with Gasteiger partial charge in [0.15, 0.2) is 28.8 Å². The molecule has 0 aromatic heterocycles. The quantitative estimate of drug-likeness (QED) is 0.517. The molecule has 0 spiro atoms. The highest BCUT2D eigenvalue weighted by molar-refractivity contribution is 6.04. The van der Waals surface area contributed by atoms with Crippen molar-refractivity contribution in [2.75, 3.05) is 35.0 Å². The monoisotopic (exact) mass is 507 g/mol. The van der Waals surface area contributed by atoms with E-state index in [9.17, 15) is 9.59 Å². The Balaban J connectivity index is 1.80. The number of carbonyl (C=O) groups excluding carboxylic acids is 2. The molecular weight excluding hydrogens is 474 g/mol. The van der Waals surface area contributed by atoms with E-state index in [1.807, 2.05) is 50.2 Å². The van der Waals surface area contributed by atoms with Crippen molar-refractivity contribution in [3.05, 3.63) is 70.1 Å². The first-order chi connectivity index (χ1) is 17.9. The number of hydrogen-bond acceptors (Lipinski definition) is 8. The Morgan fingerprint density at radius 3 is 2.16 bits per heavy atom. The maximum absolute atomic E-state index is 13.8. The molecule has 0 fully saturated rings. The Hall–Kier alpha value is -3.94. The van der Waals surface area contributed by atoms with E-state index in [0.717, 1.165) is 16.8 Å². The molecule has 1 aliphatic carbocycles.